The summed E-state index contributed by atoms with van der Waals surface area (Å²) in [7, 11) is 0. The van der Waals surface area contributed by atoms with Gasteiger partial charge in [0.05, 0.1) is 6.04 Å². The molecule has 64 valence electrons. The molecule has 0 spiro atoms. The molecule has 0 bridgehead atoms. The molecule has 0 aliphatic carbocycles. The largest absolute Gasteiger partial charge is 0.271 e. The predicted molar refractivity (Wildman–Crippen MR) is 51.4 cm³/mol. The smallest absolute Gasteiger partial charge is 0.0533 e. The summed E-state index contributed by atoms with van der Waals surface area (Å²) in [6.07, 6.45) is 2.59. The average molecular weight is 172 g/mol. The zero-order valence-electron chi connectivity index (χ0n) is 6.97. The van der Waals surface area contributed by atoms with Gasteiger partial charge in [-0.2, -0.15) is 11.8 Å². The lowest BCUT2D eigenvalue weighted by Gasteiger charge is -2.21. The molecule has 11 heavy (non-hydrogen) atoms. The normalized spacial score (nSPS) is 26.9. The third-order valence-electron chi connectivity index (χ3n) is 2.05. The van der Waals surface area contributed by atoms with E-state index in [1.807, 2.05) is 18.7 Å². The molecule has 0 aromatic carbocycles. The Kier molecular flexibility index (Phi) is 3.43. The third-order valence-corrected chi connectivity index (χ3v) is 3.51. The highest BCUT2D eigenvalue weighted by Gasteiger charge is 2.24. The van der Waals surface area contributed by atoms with Gasteiger partial charge in [-0.15, -0.1) is 0 Å². The summed E-state index contributed by atoms with van der Waals surface area (Å²) in [5.41, 5.74) is 3.97. The Morgan fingerprint density at radius 1 is 1.82 bits per heavy atom. The molecule has 3 N–H and O–H groups in total. The van der Waals surface area contributed by atoms with Gasteiger partial charge in [-0.3, -0.25) is 11.3 Å². The second kappa shape index (κ2) is 4.14. The molecule has 1 aliphatic heterocycles. The van der Waals surface area contributed by atoms with E-state index in [2.05, 4.69) is 12.0 Å². The van der Waals surface area contributed by atoms with Crippen molar-refractivity contribution in [3.8, 4) is 0 Å². The lowest BCUT2D eigenvalue weighted by molar-refractivity contribution is 0.556. The van der Waals surface area contributed by atoms with Gasteiger partial charge in [0.15, 0.2) is 0 Å². The summed E-state index contributed by atoms with van der Waals surface area (Å²) in [6.45, 7) is 5.95. The Hall–Kier alpha value is 0.0100. The van der Waals surface area contributed by atoms with Crippen LogP contribution in [0.25, 0.3) is 0 Å². The van der Waals surface area contributed by atoms with Crippen LogP contribution in [0.2, 0.25) is 0 Å². The Morgan fingerprint density at radius 2 is 2.55 bits per heavy atom. The van der Waals surface area contributed by atoms with Gasteiger partial charge in [-0.25, -0.2) is 0 Å². The van der Waals surface area contributed by atoms with Gasteiger partial charge in [0.2, 0.25) is 0 Å². The first-order valence-electron chi connectivity index (χ1n) is 3.99. The fraction of sp³-hybridized carbons (Fsp3) is 0.750. The molecule has 0 saturated carbocycles. The molecule has 2 unspecified atom stereocenters. The summed E-state index contributed by atoms with van der Waals surface area (Å²) in [6, 6.07) is 0.308. The van der Waals surface area contributed by atoms with Crippen LogP contribution in [-0.4, -0.2) is 17.0 Å². The summed E-state index contributed by atoms with van der Waals surface area (Å²) in [5, 5.41) is 0.650. The number of thioether (sulfide) groups is 1. The minimum atomic E-state index is 0.308. The van der Waals surface area contributed by atoms with Crippen LogP contribution in [-0.2, 0) is 0 Å². The molecule has 0 aromatic heterocycles. The van der Waals surface area contributed by atoms with E-state index in [0.29, 0.717) is 11.3 Å². The van der Waals surface area contributed by atoms with Crippen molar-refractivity contribution in [1.82, 2.24) is 5.43 Å². The van der Waals surface area contributed by atoms with Gasteiger partial charge in [-0.05, 0) is 25.5 Å². The van der Waals surface area contributed by atoms with E-state index in [1.165, 1.54) is 18.6 Å². The number of rotatable bonds is 3. The van der Waals surface area contributed by atoms with Crippen molar-refractivity contribution in [2.45, 2.75) is 31.1 Å². The van der Waals surface area contributed by atoms with Crippen LogP contribution in [0.5, 0.6) is 0 Å². The van der Waals surface area contributed by atoms with Gasteiger partial charge >= 0.3 is 0 Å². The molecule has 1 heterocycles. The van der Waals surface area contributed by atoms with Gasteiger partial charge in [0, 0.05) is 5.25 Å². The van der Waals surface area contributed by atoms with Crippen molar-refractivity contribution in [2.24, 2.45) is 5.84 Å². The van der Waals surface area contributed by atoms with Crippen LogP contribution in [0.1, 0.15) is 19.8 Å². The lowest BCUT2D eigenvalue weighted by Crippen LogP contribution is -2.42. The lowest BCUT2D eigenvalue weighted by atomic mass is 10.0. The first kappa shape index (κ1) is 9.10. The molecule has 0 radical (unpaired) electrons. The number of hydrogen-bond donors (Lipinski definition) is 2. The van der Waals surface area contributed by atoms with E-state index in [-0.39, 0.29) is 0 Å². The maximum Gasteiger partial charge on any atom is 0.0533 e. The van der Waals surface area contributed by atoms with E-state index >= 15 is 0 Å². The number of hydrazine groups is 1. The van der Waals surface area contributed by atoms with Crippen LogP contribution in [0, 0.1) is 0 Å². The zero-order valence-corrected chi connectivity index (χ0v) is 7.79. The molecular formula is C8H16N2S. The molecule has 0 aromatic rings. The maximum absolute atomic E-state index is 5.43. The first-order chi connectivity index (χ1) is 5.25. The van der Waals surface area contributed by atoms with Crippen LogP contribution in [0.3, 0.4) is 0 Å². The molecule has 1 aliphatic rings. The molecule has 1 rings (SSSR count). The van der Waals surface area contributed by atoms with Crippen molar-refractivity contribution < 1.29 is 0 Å². The summed E-state index contributed by atoms with van der Waals surface area (Å²) in [4.78, 5) is 0. The van der Waals surface area contributed by atoms with E-state index in [0.717, 1.165) is 5.57 Å². The van der Waals surface area contributed by atoms with Crippen LogP contribution < -0.4 is 11.3 Å². The van der Waals surface area contributed by atoms with Crippen molar-refractivity contribution in [1.29, 1.82) is 0 Å². The fourth-order valence-corrected chi connectivity index (χ4v) is 2.91. The SMILES string of the molecule is C=C(C)C(NN)C1CCCS1. The number of nitrogens with one attached hydrogen (secondary N) is 1. The Morgan fingerprint density at radius 3 is 2.91 bits per heavy atom. The Balaban J connectivity index is 2.46. The highest BCUT2D eigenvalue weighted by molar-refractivity contribution is 8.00. The van der Waals surface area contributed by atoms with E-state index in [4.69, 9.17) is 5.84 Å². The van der Waals surface area contributed by atoms with Gasteiger partial charge in [0.25, 0.3) is 0 Å². The molecular weight excluding hydrogens is 156 g/mol. The third kappa shape index (κ3) is 2.22. The fourth-order valence-electron chi connectivity index (χ4n) is 1.43. The monoisotopic (exact) mass is 172 g/mol. The van der Waals surface area contributed by atoms with Crippen LogP contribution in [0.4, 0.5) is 0 Å². The molecule has 1 saturated heterocycles. The highest BCUT2D eigenvalue weighted by atomic mass is 32.2. The van der Waals surface area contributed by atoms with Crippen LogP contribution in [0.15, 0.2) is 12.2 Å². The minimum absolute atomic E-state index is 0.308. The number of nitrogens with two attached hydrogens (primary N) is 1. The summed E-state index contributed by atoms with van der Waals surface area (Å²) in [5.74, 6) is 6.70. The maximum atomic E-state index is 5.43. The Labute approximate surface area is 72.6 Å². The van der Waals surface area contributed by atoms with Gasteiger partial charge in [-0.1, -0.05) is 12.2 Å². The molecule has 0 amide bonds. The van der Waals surface area contributed by atoms with E-state index < -0.39 is 0 Å². The van der Waals surface area contributed by atoms with Gasteiger partial charge < -0.3 is 0 Å². The van der Waals surface area contributed by atoms with Crippen molar-refractivity contribution in [3.63, 3.8) is 0 Å². The highest BCUT2D eigenvalue weighted by Crippen LogP contribution is 2.30. The molecule has 2 atom stereocenters. The zero-order chi connectivity index (χ0) is 8.27. The van der Waals surface area contributed by atoms with Crippen molar-refractivity contribution >= 4 is 11.8 Å². The minimum Gasteiger partial charge on any atom is -0.271 e. The molecule has 1 fully saturated rings. The Bertz CT molecular complexity index is 141. The number of hydrogen-bond acceptors (Lipinski definition) is 3. The predicted octanol–water partition coefficient (Wildman–Crippen LogP) is 1.29. The average Bonchev–Trinajstić information content (AvgIpc) is 2.40. The second-order valence-corrected chi connectivity index (χ2v) is 4.39. The van der Waals surface area contributed by atoms with Crippen LogP contribution >= 0.6 is 11.8 Å². The summed E-state index contributed by atoms with van der Waals surface area (Å²) >= 11 is 2.00. The van der Waals surface area contributed by atoms with Crippen molar-refractivity contribution in [3.05, 3.63) is 12.2 Å². The standard InChI is InChI=1S/C8H16N2S/c1-6(2)8(10-9)7-4-3-5-11-7/h7-8,10H,1,3-5,9H2,2H3. The van der Waals surface area contributed by atoms with Gasteiger partial charge in [0.1, 0.15) is 0 Å². The van der Waals surface area contributed by atoms with E-state index in [1.54, 1.807) is 0 Å². The van der Waals surface area contributed by atoms with Crippen molar-refractivity contribution in [2.75, 3.05) is 5.75 Å². The second-order valence-electron chi connectivity index (χ2n) is 3.04. The first-order valence-corrected chi connectivity index (χ1v) is 5.03. The molecule has 2 nitrogen and oxygen atoms in total. The van der Waals surface area contributed by atoms with E-state index in [9.17, 15) is 0 Å². The molecule has 3 heteroatoms. The quantitative estimate of drug-likeness (QED) is 0.383. The topological polar surface area (TPSA) is 38.0 Å². The summed E-state index contributed by atoms with van der Waals surface area (Å²) < 4.78 is 0.